The molecule has 25 heavy (non-hydrogen) atoms. The molecule has 0 atom stereocenters. The summed E-state index contributed by atoms with van der Waals surface area (Å²) in [6, 6.07) is 13.0. The third-order valence-electron chi connectivity index (χ3n) is 3.61. The van der Waals surface area contributed by atoms with Crippen molar-refractivity contribution in [3.63, 3.8) is 0 Å². The van der Waals surface area contributed by atoms with Crippen molar-refractivity contribution in [1.29, 1.82) is 0 Å². The third kappa shape index (κ3) is 3.24. The van der Waals surface area contributed by atoms with E-state index in [0.29, 0.717) is 10.8 Å². The van der Waals surface area contributed by atoms with Crippen LogP contribution >= 0.6 is 11.6 Å². The van der Waals surface area contributed by atoms with Crippen molar-refractivity contribution in [3.05, 3.63) is 65.2 Å². The number of halogens is 1. The molecule has 0 radical (unpaired) electrons. The lowest BCUT2D eigenvalue weighted by Crippen LogP contribution is -2.14. The monoisotopic (exact) mass is 377 g/mol. The molecule has 0 amide bonds. The molecule has 3 aromatic carbocycles. The van der Waals surface area contributed by atoms with E-state index in [0.717, 1.165) is 6.07 Å². The third-order valence-corrected chi connectivity index (χ3v) is 5.46. The Morgan fingerprint density at radius 1 is 1.00 bits per heavy atom. The van der Waals surface area contributed by atoms with E-state index in [4.69, 9.17) is 16.7 Å². The number of carbonyl (C=O) groups is 1. The number of aromatic carboxylic acids is 1. The predicted octanol–water partition coefficient (Wildman–Crippen LogP) is 3.70. The highest BCUT2D eigenvalue weighted by Gasteiger charge is 2.21. The number of phenols is 1. The van der Waals surface area contributed by atoms with Crippen molar-refractivity contribution in [1.82, 2.24) is 0 Å². The van der Waals surface area contributed by atoms with Crippen LogP contribution in [0.5, 0.6) is 5.75 Å². The van der Waals surface area contributed by atoms with E-state index >= 15 is 0 Å². The maximum atomic E-state index is 12.7. The Morgan fingerprint density at radius 2 is 1.68 bits per heavy atom. The van der Waals surface area contributed by atoms with Gasteiger partial charge in [-0.3, -0.25) is 4.72 Å². The molecule has 0 spiro atoms. The van der Waals surface area contributed by atoms with Crippen LogP contribution in [-0.4, -0.2) is 24.6 Å². The number of aromatic hydroxyl groups is 1. The van der Waals surface area contributed by atoms with Crippen LogP contribution in [0.1, 0.15) is 10.4 Å². The average Bonchev–Trinajstić information content (AvgIpc) is 2.57. The molecule has 3 aromatic rings. The summed E-state index contributed by atoms with van der Waals surface area (Å²) in [6.07, 6.45) is 0. The number of fused-ring (bicyclic) bond motifs is 1. The van der Waals surface area contributed by atoms with Crippen molar-refractivity contribution in [2.24, 2.45) is 0 Å². The Bertz CT molecular complexity index is 1100. The number of carboxylic acid groups (broad SMARTS) is 1. The molecule has 3 N–H and O–H groups in total. The van der Waals surface area contributed by atoms with Gasteiger partial charge in [0, 0.05) is 10.8 Å². The molecule has 3 rings (SSSR count). The van der Waals surface area contributed by atoms with Gasteiger partial charge in [0.25, 0.3) is 10.0 Å². The number of benzene rings is 3. The summed E-state index contributed by atoms with van der Waals surface area (Å²) in [5.41, 5.74) is 0.0468. The van der Waals surface area contributed by atoms with Crippen LogP contribution in [0.25, 0.3) is 10.8 Å². The summed E-state index contributed by atoms with van der Waals surface area (Å²) in [6.45, 7) is 0. The van der Waals surface area contributed by atoms with Crippen molar-refractivity contribution in [2.75, 3.05) is 4.72 Å². The second-order valence-corrected chi connectivity index (χ2v) is 7.29. The van der Waals surface area contributed by atoms with Gasteiger partial charge in [0.1, 0.15) is 10.6 Å². The van der Waals surface area contributed by atoms with E-state index in [2.05, 4.69) is 4.72 Å². The standard InChI is InChI=1S/C17H12ClNO5S/c18-13-6-5-10(17(21)22)9-16(13)25(23,24)19-14-7-8-15(20)12-4-2-1-3-11(12)14/h1-9,19-20H,(H,21,22). The molecule has 0 aliphatic rings. The van der Waals surface area contributed by atoms with Crippen molar-refractivity contribution in [3.8, 4) is 5.75 Å². The zero-order valence-corrected chi connectivity index (χ0v) is 14.2. The summed E-state index contributed by atoms with van der Waals surface area (Å²) in [5.74, 6) is -1.24. The zero-order chi connectivity index (χ0) is 18.2. The molecule has 0 saturated heterocycles. The highest BCUT2D eigenvalue weighted by Crippen LogP contribution is 2.33. The molecule has 128 valence electrons. The predicted molar refractivity (Wildman–Crippen MR) is 94.8 cm³/mol. The summed E-state index contributed by atoms with van der Waals surface area (Å²) in [7, 11) is -4.13. The minimum Gasteiger partial charge on any atom is -0.507 e. The van der Waals surface area contributed by atoms with Crippen LogP contribution in [-0.2, 0) is 10.0 Å². The maximum Gasteiger partial charge on any atom is 0.335 e. The summed E-state index contributed by atoms with van der Waals surface area (Å²) in [5, 5.41) is 19.8. The van der Waals surface area contributed by atoms with Gasteiger partial charge in [-0.15, -0.1) is 0 Å². The first-order chi connectivity index (χ1) is 11.8. The lowest BCUT2D eigenvalue weighted by Gasteiger charge is -2.13. The van der Waals surface area contributed by atoms with Crippen LogP contribution in [0.3, 0.4) is 0 Å². The van der Waals surface area contributed by atoms with Crippen LogP contribution < -0.4 is 4.72 Å². The van der Waals surface area contributed by atoms with Gasteiger partial charge in [0.05, 0.1) is 16.3 Å². The van der Waals surface area contributed by atoms with Crippen LogP contribution in [0, 0.1) is 0 Å². The number of hydrogen-bond acceptors (Lipinski definition) is 4. The Labute approximate surface area is 148 Å². The fraction of sp³-hybridized carbons (Fsp3) is 0. The molecule has 8 heteroatoms. The smallest absolute Gasteiger partial charge is 0.335 e. The first-order valence-corrected chi connectivity index (χ1v) is 8.92. The Morgan fingerprint density at radius 3 is 2.36 bits per heavy atom. The molecule has 0 heterocycles. The van der Waals surface area contributed by atoms with Gasteiger partial charge in [0.15, 0.2) is 0 Å². The van der Waals surface area contributed by atoms with Crippen molar-refractivity contribution >= 4 is 44.1 Å². The van der Waals surface area contributed by atoms with Gasteiger partial charge in [-0.25, -0.2) is 13.2 Å². The van der Waals surface area contributed by atoms with Crippen LogP contribution in [0.15, 0.2) is 59.5 Å². The van der Waals surface area contributed by atoms with E-state index in [-0.39, 0.29) is 26.9 Å². The average molecular weight is 378 g/mol. The molecule has 6 nitrogen and oxygen atoms in total. The Balaban J connectivity index is 2.11. The zero-order valence-electron chi connectivity index (χ0n) is 12.6. The summed E-state index contributed by atoms with van der Waals surface area (Å²) in [4.78, 5) is 10.7. The van der Waals surface area contributed by atoms with E-state index in [1.54, 1.807) is 24.3 Å². The van der Waals surface area contributed by atoms with Crippen LogP contribution in [0.4, 0.5) is 5.69 Å². The number of carboxylic acids is 1. The second-order valence-electron chi connectivity index (χ2n) is 5.23. The quantitative estimate of drug-likeness (QED) is 0.601. The minimum atomic E-state index is -4.13. The molecule has 0 aliphatic carbocycles. The highest BCUT2D eigenvalue weighted by molar-refractivity contribution is 7.92. The molecule has 0 aliphatic heterocycles. The maximum absolute atomic E-state index is 12.7. The summed E-state index contributed by atoms with van der Waals surface area (Å²) < 4.78 is 27.7. The van der Waals surface area contributed by atoms with Crippen molar-refractivity contribution < 1.29 is 23.4 Å². The Kier molecular flexibility index (Phi) is 4.28. The highest BCUT2D eigenvalue weighted by atomic mass is 35.5. The molecule has 0 unspecified atom stereocenters. The second kappa shape index (κ2) is 6.27. The first kappa shape index (κ1) is 17.1. The number of rotatable bonds is 4. The summed E-state index contributed by atoms with van der Waals surface area (Å²) >= 11 is 5.94. The number of anilines is 1. The van der Waals surface area contributed by atoms with Gasteiger partial charge in [-0.05, 0) is 30.3 Å². The van der Waals surface area contributed by atoms with E-state index in [9.17, 15) is 18.3 Å². The van der Waals surface area contributed by atoms with Gasteiger partial charge >= 0.3 is 5.97 Å². The largest absolute Gasteiger partial charge is 0.507 e. The molecule has 0 bridgehead atoms. The number of sulfonamides is 1. The molecule has 0 saturated carbocycles. The fourth-order valence-electron chi connectivity index (χ4n) is 2.41. The Hall–Kier alpha value is -2.77. The van der Waals surface area contributed by atoms with Gasteiger partial charge in [-0.1, -0.05) is 35.9 Å². The molecular weight excluding hydrogens is 366 g/mol. The van der Waals surface area contributed by atoms with E-state index in [1.807, 2.05) is 0 Å². The normalized spacial score (nSPS) is 11.4. The van der Waals surface area contributed by atoms with Gasteiger partial charge < -0.3 is 10.2 Å². The first-order valence-electron chi connectivity index (χ1n) is 7.06. The van der Waals surface area contributed by atoms with E-state index < -0.39 is 16.0 Å². The minimum absolute atomic E-state index is 0.0180. The molecule has 0 fully saturated rings. The number of nitrogens with one attached hydrogen (secondary N) is 1. The number of phenolic OH excluding ortho intramolecular Hbond substituents is 1. The number of hydrogen-bond donors (Lipinski definition) is 3. The SMILES string of the molecule is O=C(O)c1ccc(Cl)c(S(=O)(=O)Nc2ccc(O)c3ccccc23)c1. The lowest BCUT2D eigenvalue weighted by atomic mass is 10.1. The topological polar surface area (TPSA) is 104 Å². The van der Waals surface area contributed by atoms with Gasteiger partial charge in [-0.2, -0.15) is 0 Å². The van der Waals surface area contributed by atoms with Gasteiger partial charge in [0.2, 0.25) is 0 Å². The van der Waals surface area contributed by atoms with E-state index in [1.165, 1.54) is 24.3 Å². The lowest BCUT2D eigenvalue weighted by molar-refractivity contribution is 0.0696. The fourth-order valence-corrected chi connectivity index (χ4v) is 4.02. The molecule has 0 aromatic heterocycles. The molecular formula is C17H12ClNO5S. The van der Waals surface area contributed by atoms with Crippen molar-refractivity contribution in [2.45, 2.75) is 4.90 Å². The van der Waals surface area contributed by atoms with Crippen LogP contribution in [0.2, 0.25) is 5.02 Å².